The van der Waals surface area contributed by atoms with Crippen LogP contribution < -0.4 is 15.8 Å². The number of carbonyl (C=O) groups excluding carboxylic acids is 1. The van der Waals surface area contributed by atoms with Crippen molar-refractivity contribution in [1.82, 2.24) is 0 Å². The lowest BCUT2D eigenvalue weighted by Crippen LogP contribution is -2.20. The monoisotopic (exact) mass is 326 g/mol. The first-order chi connectivity index (χ1) is 9.33. The highest BCUT2D eigenvalue weighted by atomic mass is 35.5. The molecule has 0 aliphatic rings. The summed E-state index contributed by atoms with van der Waals surface area (Å²) in [5.41, 5.74) is 5.72. The van der Waals surface area contributed by atoms with Crippen LogP contribution in [0.2, 0.25) is 10.0 Å². The maximum absolute atomic E-state index is 12.2. The molecule has 112 valence electrons. The normalized spacial score (nSPS) is 12.3. The van der Waals surface area contributed by atoms with Crippen molar-refractivity contribution in [3.05, 3.63) is 22.2 Å². The van der Waals surface area contributed by atoms with Crippen LogP contribution in [0, 0.1) is 5.92 Å². The minimum atomic E-state index is -3.03. The number of hydrogen-bond acceptors (Lipinski definition) is 3. The third-order valence-electron chi connectivity index (χ3n) is 2.43. The Kier molecular flexibility index (Phi) is 6.45. The number of rotatable bonds is 6. The molecule has 0 bridgehead atoms. The molecule has 0 saturated carbocycles. The maximum atomic E-state index is 12.2. The second-order valence-electron chi connectivity index (χ2n) is 4.24. The lowest BCUT2D eigenvalue weighted by Gasteiger charge is -2.13. The van der Waals surface area contributed by atoms with Crippen molar-refractivity contribution in [2.45, 2.75) is 20.0 Å². The molecule has 1 amide bonds. The molecule has 1 aromatic rings. The zero-order valence-electron chi connectivity index (χ0n) is 10.6. The summed E-state index contributed by atoms with van der Waals surface area (Å²) in [6.07, 6.45) is 0.237. The third kappa shape index (κ3) is 5.11. The van der Waals surface area contributed by atoms with E-state index in [1.165, 1.54) is 12.1 Å². The molecular weight excluding hydrogens is 313 g/mol. The SMILES string of the molecule is CC(CN)CC(=O)Nc1cc(Cl)c(OC(F)F)c(Cl)c1. The summed E-state index contributed by atoms with van der Waals surface area (Å²) >= 11 is 11.6. The molecule has 1 aromatic carbocycles. The van der Waals surface area contributed by atoms with Crippen molar-refractivity contribution in [3.8, 4) is 5.75 Å². The van der Waals surface area contributed by atoms with Gasteiger partial charge in [-0.1, -0.05) is 30.1 Å². The second kappa shape index (κ2) is 7.61. The van der Waals surface area contributed by atoms with Gasteiger partial charge in [0, 0.05) is 12.1 Å². The van der Waals surface area contributed by atoms with Crippen LogP contribution in [0.4, 0.5) is 14.5 Å². The van der Waals surface area contributed by atoms with E-state index in [4.69, 9.17) is 28.9 Å². The zero-order valence-corrected chi connectivity index (χ0v) is 12.1. The first-order valence-electron chi connectivity index (χ1n) is 5.77. The number of ether oxygens (including phenoxy) is 1. The van der Waals surface area contributed by atoms with Gasteiger partial charge in [0.1, 0.15) is 0 Å². The molecule has 0 fully saturated rings. The van der Waals surface area contributed by atoms with Crippen molar-refractivity contribution < 1.29 is 18.3 Å². The highest BCUT2D eigenvalue weighted by molar-refractivity contribution is 6.37. The summed E-state index contributed by atoms with van der Waals surface area (Å²) in [5.74, 6) is -0.559. The molecule has 0 aliphatic carbocycles. The molecule has 0 heterocycles. The summed E-state index contributed by atoms with van der Waals surface area (Å²) < 4.78 is 28.5. The van der Waals surface area contributed by atoms with Gasteiger partial charge in [0.05, 0.1) is 10.0 Å². The van der Waals surface area contributed by atoms with Gasteiger partial charge in [0.2, 0.25) is 5.91 Å². The molecule has 20 heavy (non-hydrogen) atoms. The summed E-state index contributed by atoms with van der Waals surface area (Å²) in [4.78, 5) is 11.7. The molecule has 4 nitrogen and oxygen atoms in total. The van der Waals surface area contributed by atoms with E-state index in [2.05, 4.69) is 10.1 Å². The Morgan fingerprint density at radius 3 is 2.40 bits per heavy atom. The number of nitrogens with one attached hydrogen (secondary N) is 1. The molecule has 1 atom stereocenters. The number of anilines is 1. The van der Waals surface area contributed by atoms with Crippen LogP contribution in [-0.2, 0) is 4.79 Å². The Labute approximate surface area is 125 Å². The van der Waals surface area contributed by atoms with Crippen molar-refractivity contribution in [3.63, 3.8) is 0 Å². The number of alkyl halides is 2. The maximum Gasteiger partial charge on any atom is 0.387 e. The topological polar surface area (TPSA) is 64.4 Å². The molecule has 1 unspecified atom stereocenters. The van der Waals surface area contributed by atoms with Crippen LogP contribution >= 0.6 is 23.2 Å². The molecule has 1 rings (SSSR count). The molecule has 0 spiro atoms. The highest BCUT2D eigenvalue weighted by Gasteiger charge is 2.15. The van der Waals surface area contributed by atoms with Crippen molar-refractivity contribution in [2.24, 2.45) is 11.7 Å². The molecule has 0 aliphatic heterocycles. The van der Waals surface area contributed by atoms with Gasteiger partial charge in [-0.2, -0.15) is 8.78 Å². The van der Waals surface area contributed by atoms with E-state index in [9.17, 15) is 13.6 Å². The van der Waals surface area contributed by atoms with Crippen molar-refractivity contribution >= 4 is 34.8 Å². The second-order valence-corrected chi connectivity index (χ2v) is 5.06. The minimum absolute atomic E-state index is 0.0300. The Morgan fingerprint density at radius 1 is 1.40 bits per heavy atom. The molecule has 0 saturated heterocycles. The molecule has 3 N–H and O–H groups in total. The first kappa shape index (κ1) is 16.9. The summed E-state index contributed by atoms with van der Waals surface area (Å²) in [6, 6.07) is 2.58. The number of benzene rings is 1. The third-order valence-corrected chi connectivity index (χ3v) is 2.99. The number of carbonyl (C=O) groups is 1. The average Bonchev–Trinajstić information content (AvgIpc) is 2.33. The van der Waals surface area contributed by atoms with E-state index >= 15 is 0 Å². The average molecular weight is 327 g/mol. The highest BCUT2D eigenvalue weighted by Crippen LogP contribution is 2.37. The van der Waals surface area contributed by atoms with E-state index < -0.39 is 6.61 Å². The van der Waals surface area contributed by atoms with E-state index in [1.54, 1.807) is 0 Å². The zero-order chi connectivity index (χ0) is 15.3. The van der Waals surface area contributed by atoms with Crippen LogP contribution in [0.3, 0.4) is 0 Å². The number of amides is 1. The summed E-state index contributed by atoms with van der Waals surface area (Å²) in [5, 5.41) is 2.34. The quantitative estimate of drug-likeness (QED) is 0.840. The predicted molar refractivity (Wildman–Crippen MR) is 74.6 cm³/mol. The van der Waals surface area contributed by atoms with Gasteiger partial charge in [0.25, 0.3) is 0 Å². The van der Waals surface area contributed by atoms with Crippen LogP contribution in [0.1, 0.15) is 13.3 Å². The van der Waals surface area contributed by atoms with E-state index in [0.717, 1.165) is 0 Å². The van der Waals surface area contributed by atoms with Gasteiger partial charge in [-0.05, 0) is 24.6 Å². The fraction of sp³-hybridized carbons (Fsp3) is 0.417. The fourth-order valence-electron chi connectivity index (χ4n) is 1.45. The Hall–Kier alpha value is -1.11. The minimum Gasteiger partial charge on any atom is -0.432 e. The number of hydrogen-bond donors (Lipinski definition) is 2. The summed E-state index contributed by atoms with van der Waals surface area (Å²) in [7, 11) is 0. The summed E-state index contributed by atoms with van der Waals surface area (Å²) in [6.45, 7) is -0.814. The largest absolute Gasteiger partial charge is 0.432 e. The van der Waals surface area contributed by atoms with Crippen LogP contribution in [-0.4, -0.2) is 19.1 Å². The van der Waals surface area contributed by atoms with Gasteiger partial charge in [-0.25, -0.2) is 0 Å². The van der Waals surface area contributed by atoms with Gasteiger partial charge in [-0.3, -0.25) is 4.79 Å². The number of halogens is 4. The molecular formula is C12H14Cl2F2N2O2. The van der Waals surface area contributed by atoms with Gasteiger partial charge in [-0.15, -0.1) is 0 Å². The van der Waals surface area contributed by atoms with E-state index in [0.29, 0.717) is 12.2 Å². The number of nitrogens with two attached hydrogens (primary N) is 1. The van der Waals surface area contributed by atoms with E-state index in [1.807, 2.05) is 6.92 Å². The van der Waals surface area contributed by atoms with Gasteiger partial charge < -0.3 is 15.8 Å². The molecule has 0 radical (unpaired) electrons. The standard InChI is InChI=1S/C12H14Cl2F2N2O2/c1-6(5-17)2-10(19)18-7-3-8(13)11(9(14)4-7)20-12(15)16/h3-4,6,12H,2,5,17H2,1H3,(H,18,19). The van der Waals surface area contributed by atoms with Gasteiger partial charge in [0.15, 0.2) is 5.75 Å². The smallest absolute Gasteiger partial charge is 0.387 e. The van der Waals surface area contributed by atoms with Gasteiger partial charge >= 0.3 is 6.61 Å². The fourth-order valence-corrected chi connectivity index (χ4v) is 2.02. The predicted octanol–water partition coefficient (Wildman–Crippen LogP) is 3.52. The van der Waals surface area contributed by atoms with E-state index in [-0.39, 0.29) is 34.0 Å². The van der Waals surface area contributed by atoms with Crippen LogP contribution in [0.25, 0.3) is 0 Å². The first-order valence-corrected chi connectivity index (χ1v) is 6.52. The lowest BCUT2D eigenvalue weighted by molar-refractivity contribution is -0.116. The lowest BCUT2D eigenvalue weighted by atomic mass is 10.1. The van der Waals surface area contributed by atoms with Crippen molar-refractivity contribution in [1.29, 1.82) is 0 Å². The van der Waals surface area contributed by atoms with Crippen molar-refractivity contribution in [2.75, 3.05) is 11.9 Å². The Bertz CT molecular complexity index is 464. The Morgan fingerprint density at radius 2 is 1.95 bits per heavy atom. The van der Waals surface area contributed by atoms with Crippen LogP contribution in [0.15, 0.2) is 12.1 Å². The molecule has 0 aromatic heterocycles. The molecule has 8 heteroatoms. The van der Waals surface area contributed by atoms with Crippen LogP contribution in [0.5, 0.6) is 5.75 Å². The Balaban J connectivity index is 2.81.